The maximum atomic E-state index is 11.9. The van der Waals surface area contributed by atoms with Gasteiger partial charge in [-0.2, -0.15) is 50.5 Å². The van der Waals surface area contributed by atoms with E-state index < -0.39 is 41.1 Å². The molecule has 0 aromatic heterocycles. The number of esters is 2. The molecule has 0 amide bonds. The maximum Gasteiger partial charge on any atom is 0.307 e. The van der Waals surface area contributed by atoms with E-state index in [0.29, 0.717) is 0 Å². The molecule has 168 valence electrons. The van der Waals surface area contributed by atoms with Crippen LogP contribution in [0.15, 0.2) is 0 Å². The molecule has 0 radical (unpaired) electrons. The summed E-state index contributed by atoms with van der Waals surface area (Å²) in [7, 11) is 0. The lowest BCUT2D eigenvalue weighted by atomic mass is 9.74. The highest BCUT2D eigenvalue weighted by Crippen LogP contribution is 2.36. The van der Waals surface area contributed by atoms with Gasteiger partial charge >= 0.3 is 23.9 Å². The average Bonchev–Trinajstić information content (AvgIpc) is 2.66. The van der Waals surface area contributed by atoms with Crippen molar-refractivity contribution in [3.8, 4) is 0 Å². The lowest BCUT2D eigenvalue weighted by molar-refractivity contribution is -0.157. The van der Waals surface area contributed by atoms with Gasteiger partial charge in [0, 0.05) is 28.4 Å². The molecule has 0 aliphatic carbocycles. The van der Waals surface area contributed by atoms with Crippen LogP contribution < -0.4 is 0 Å². The zero-order valence-corrected chi connectivity index (χ0v) is 19.4. The van der Waals surface area contributed by atoms with E-state index in [-0.39, 0.29) is 61.9 Å². The Hall–Kier alpha value is -0.720. The summed E-state index contributed by atoms with van der Waals surface area (Å²) in [5.74, 6) is -4.86. The molecule has 0 rings (SSSR count). The van der Waals surface area contributed by atoms with Crippen molar-refractivity contribution in [2.24, 2.45) is 17.3 Å². The fourth-order valence-electron chi connectivity index (χ4n) is 2.66. The van der Waals surface area contributed by atoms with Crippen molar-refractivity contribution in [1.29, 1.82) is 0 Å². The number of carbonyl (C=O) groups excluding carboxylic acids is 2. The van der Waals surface area contributed by atoms with Gasteiger partial charge in [-0.25, -0.2) is 0 Å². The fraction of sp³-hybridized carbons (Fsp3) is 0.765. The van der Waals surface area contributed by atoms with Crippen LogP contribution in [0.4, 0.5) is 0 Å². The van der Waals surface area contributed by atoms with Gasteiger partial charge in [0.05, 0.1) is 24.7 Å². The van der Waals surface area contributed by atoms with Gasteiger partial charge in [0.1, 0.15) is 13.2 Å². The van der Waals surface area contributed by atoms with Crippen LogP contribution in [-0.4, -0.2) is 70.3 Å². The van der Waals surface area contributed by atoms with Crippen LogP contribution in [-0.2, 0) is 28.7 Å². The van der Waals surface area contributed by atoms with E-state index >= 15 is 0 Å². The van der Waals surface area contributed by atoms with Crippen LogP contribution in [0.2, 0.25) is 0 Å². The highest BCUT2D eigenvalue weighted by molar-refractivity contribution is 7.80. The molecule has 12 heteroatoms. The minimum atomic E-state index is -1.23. The van der Waals surface area contributed by atoms with Gasteiger partial charge in [0.25, 0.3) is 0 Å². The molecule has 2 atom stereocenters. The Bertz CT molecular complexity index is 510. The summed E-state index contributed by atoms with van der Waals surface area (Å²) in [5, 5.41) is 18.9. The Morgan fingerprint density at radius 2 is 1.07 bits per heavy atom. The molecule has 29 heavy (non-hydrogen) atoms. The smallest absolute Gasteiger partial charge is 0.307 e. The molecule has 2 N–H and O–H groups in total. The van der Waals surface area contributed by atoms with Gasteiger partial charge in [0.2, 0.25) is 0 Å². The Labute approximate surface area is 192 Å². The monoisotopic (exact) mass is 488 g/mol. The summed E-state index contributed by atoms with van der Waals surface area (Å²) in [6.07, 6.45) is -0.123. The number of aliphatic carboxylic acids is 2. The highest BCUT2D eigenvalue weighted by atomic mass is 32.1. The Morgan fingerprint density at radius 1 is 0.724 bits per heavy atom. The van der Waals surface area contributed by atoms with Crippen LogP contribution in [0.25, 0.3) is 0 Å². The predicted octanol–water partition coefficient (Wildman–Crippen LogP) is 1.74. The number of carboxylic acid groups (broad SMARTS) is 2. The van der Waals surface area contributed by atoms with E-state index in [4.69, 9.17) is 9.47 Å². The van der Waals surface area contributed by atoms with Crippen molar-refractivity contribution in [3.63, 3.8) is 0 Å². The second-order valence-electron chi connectivity index (χ2n) is 6.61. The Balaban J connectivity index is 5.82. The molecule has 2 unspecified atom stereocenters. The van der Waals surface area contributed by atoms with Crippen LogP contribution >= 0.6 is 50.5 Å². The quantitative estimate of drug-likeness (QED) is 0.143. The van der Waals surface area contributed by atoms with Crippen LogP contribution in [0.1, 0.15) is 25.7 Å². The number of ether oxygens (including phenoxy) is 2. The minimum absolute atomic E-state index is 0.0229. The first-order chi connectivity index (χ1) is 13.6. The molecule has 0 spiro atoms. The molecule has 0 saturated heterocycles. The molecule has 0 bridgehead atoms. The first-order valence-corrected chi connectivity index (χ1v) is 11.4. The Kier molecular flexibility index (Phi) is 14.8. The molecular formula is C17H28O8S4. The van der Waals surface area contributed by atoms with E-state index in [0.717, 1.165) is 0 Å². The van der Waals surface area contributed by atoms with Crippen molar-refractivity contribution in [2.45, 2.75) is 25.7 Å². The number of rotatable bonds is 16. The lowest BCUT2D eigenvalue weighted by Gasteiger charge is -2.36. The molecule has 0 heterocycles. The third-order valence-corrected chi connectivity index (χ3v) is 5.54. The molecular weight excluding hydrogens is 460 g/mol. The van der Waals surface area contributed by atoms with E-state index in [1.807, 2.05) is 0 Å². The number of carboxylic acids is 2. The van der Waals surface area contributed by atoms with Crippen molar-refractivity contribution in [2.75, 3.05) is 36.2 Å². The molecule has 8 nitrogen and oxygen atoms in total. The lowest BCUT2D eigenvalue weighted by Crippen LogP contribution is -2.41. The van der Waals surface area contributed by atoms with Gasteiger partial charge in [-0.15, -0.1) is 0 Å². The number of thiol groups is 4. The summed E-state index contributed by atoms with van der Waals surface area (Å²) in [4.78, 5) is 46.8. The first-order valence-electron chi connectivity index (χ1n) is 8.85. The fourth-order valence-corrected chi connectivity index (χ4v) is 3.60. The van der Waals surface area contributed by atoms with E-state index in [1.54, 1.807) is 0 Å². The second kappa shape index (κ2) is 15.1. The van der Waals surface area contributed by atoms with E-state index in [1.165, 1.54) is 0 Å². The van der Waals surface area contributed by atoms with Gasteiger partial charge in [0.15, 0.2) is 0 Å². The average molecular weight is 489 g/mol. The first kappa shape index (κ1) is 28.3. The van der Waals surface area contributed by atoms with Gasteiger partial charge in [-0.1, -0.05) is 0 Å². The van der Waals surface area contributed by atoms with Gasteiger partial charge in [-0.05, 0) is 12.8 Å². The number of hydrogen-bond donors (Lipinski definition) is 6. The molecule has 0 saturated carbocycles. The van der Waals surface area contributed by atoms with Crippen molar-refractivity contribution in [1.82, 2.24) is 0 Å². The van der Waals surface area contributed by atoms with Crippen molar-refractivity contribution < 1.29 is 38.9 Å². The third kappa shape index (κ3) is 11.3. The normalized spacial score (nSPS) is 13.4. The van der Waals surface area contributed by atoms with E-state index in [2.05, 4.69) is 50.5 Å². The summed E-state index contributed by atoms with van der Waals surface area (Å²) in [6, 6.07) is 0. The molecule has 0 fully saturated rings. The summed E-state index contributed by atoms with van der Waals surface area (Å²) >= 11 is 16.0. The SMILES string of the molecule is O=C(CCS)OCC(COC(=O)CCS)(CC(CS)C(=O)O)CC(CS)C(=O)O. The van der Waals surface area contributed by atoms with Crippen LogP contribution in [0.3, 0.4) is 0 Å². The maximum absolute atomic E-state index is 11.9. The van der Waals surface area contributed by atoms with Crippen molar-refractivity contribution in [3.05, 3.63) is 0 Å². The third-order valence-electron chi connectivity index (χ3n) is 4.21. The largest absolute Gasteiger partial charge is 0.481 e. The predicted molar refractivity (Wildman–Crippen MR) is 120 cm³/mol. The van der Waals surface area contributed by atoms with E-state index in [9.17, 15) is 29.4 Å². The minimum Gasteiger partial charge on any atom is -0.481 e. The Morgan fingerprint density at radius 3 is 1.31 bits per heavy atom. The summed E-state index contributed by atoms with van der Waals surface area (Å²) < 4.78 is 10.5. The van der Waals surface area contributed by atoms with Crippen LogP contribution in [0.5, 0.6) is 0 Å². The second-order valence-corrected chi connectivity index (χ2v) is 8.24. The molecule has 0 aromatic carbocycles. The number of carbonyl (C=O) groups is 4. The highest BCUT2D eigenvalue weighted by Gasteiger charge is 2.41. The molecule has 0 aliphatic rings. The zero-order valence-electron chi connectivity index (χ0n) is 15.9. The topological polar surface area (TPSA) is 127 Å². The molecule has 0 aliphatic heterocycles. The molecule has 0 aromatic rings. The zero-order chi connectivity index (χ0) is 22.4. The summed E-state index contributed by atoms with van der Waals surface area (Å²) in [5.41, 5.74) is -1.23. The summed E-state index contributed by atoms with van der Waals surface area (Å²) in [6.45, 7) is -0.605. The van der Waals surface area contributed by atoms with Gasteiger partial charge < -0.3 is 19.7 Å². The van der Waals surface area contributed by atoms with Crippen molar-refractivity contribution >= 4 is 74.4 Å². The standard InChI is InChI=1S/C17H28O8S4/c18-13(1-3-26)24-9-17(5-11(7-28)15(20)21,6-12(8-29)16(22)23)10-25-14(19)2-4-27/h11-12,26-29H,1-10H2,(H,20,21)(H,22,23). The van der Waals surface area contributed by atoms with Gasteiger partial charge in [-0.3, -0.25) is 19.2 Å². The number of hydrogen-bond acceptors (Lipinski definition) is 10. The van der Waals surface area contributed by atoms with Crippen LogP contribution in [0, 0.1) is 17.3 Å².